The molecule has 1 aliphatic rings. The lowest BCUT2D eigenvalue weighted by molar-refractivity contribution is -0.119. The van der Waals surface area contributed by atoms with E-state index in [0.717, 1.165) is 26.4 Å². The number of hydrogen-bond donors (Lipinski definition) is 0. The van der Waals surface area contributed by atoms with Crippen molar-refractivity contribution < 1.29 is 14.3 Å². The van der Waals surface area contributed by atoms with Crippen molar-refractivity contribution in [2.45, 2.75) is 20.8 Å². The fraction of sp³-hybridized carbons (Fsp3) is 0.889. The van der Waals surface area contributed by atoms with E-state index >= 15 is 0 Å². The Bertz CT molecular complexity index is 105. The molecule has 1 rings (SSSR count). The second-order valence-electron chi connectivity index (χ2n) is 2.99. The second kappa shape index (κ2) is 7.25. The van der Waals surface area contributed by atoms with E-state index in [1.165, 1.54) is 0 Å². The van der Waals surface area contributed by atoms with Crippen LogP contribution in [-0.2, 0) is 14.3 Å². The van der Waals surface area contributed by atoms with Gasteiger partial charge in [0.1, 0.15) is 5.78 Å². The van der Waals surface area contributed by atoms with Gasteiger partial charge in [0.15, 0.2) is 0 Å². The largest absolute Gasteiger partial charge is 0.377 e. The van der Waals surface area contributed by atoms with Gasteiger partial charge in [-0.05, 0) is 6.92 Å². The van der Waals surface area contributed by atoms with Gasteiger partial charge in [0, 0.05) is 5.92 Å². The van der Waals surface area contributed by atoms with Crippen LogP contribution in [0.25, 0.3) is 0 Å². The van der Waals surface area contributed by atoms with Crippen LogP contribution in [0.1, 0.15) is 20.8 Å². The molecule has 0 aromatic carbocycles. The predicted molar refractivity (Wildman–Crippen MR) is 47.2 cm³/mol. The Balaban J connectivity index is 0.000000202. The van der Waals surface area contributed by atoms with Crippen LogP contribution in [-0.4, -0.2) is 32.2 Å². The molecule has 0 aromatic heterocycles. The molecule has 0 spiro atoms. The first-order valence-electron chi connectivity index (χ1n) is 4.30. The predicted octanol–water partition coefficient (Wildman–Crippen LogP) is 1.26. The fourth-order valence-electron chi connectivity index (χ4n) is 0.440. The Kier molecular flexibility index (Phi) is 7.00. The van der Waals surface area contributed by atoms with Crippen molar-refractivity contribution in [3.63, 3.8) is 0 Å². The van der Waals surface area contributed by atoms with Crippen LogP contribution in [0, 0.1) is 5.92 Å². The molecule has 0 bridgehead atoms. The highest BCUT2D eigenvalue weighted by Gasteiger charge is 1.95. The maximum atomic E-state index is 10.1. The molecule has 72 valence electrons. The first-order chi connectivity index (χ1) is 5.64. The normalized spacial score (nSPS) is 16.7. The zero-order valence-corrected chi connectivity index (χ0v) is 8.13. The van der Waals surface area contributed by atoms with Gasteiger partial charge < -0.3 is 9.47 Å². The van der Waals surface area contributed by atoms with Crippen molar-refractivity contribution in [1.29, 1.82) is 0 Å². The van der Waals surface area contributed by atoms with Crippen LogP contribution < -0.4 is 0 Å². The average molecular weight is 174 g/mol. The topological polar surface area (TPSA) is 35.5 Å². The molecule has 1 fully saturated rings. The Morgan fingerprint density at radius 1 is 1.08 bits per heavy atom. The van der Waals surface area contributed by atoms with Gasteiger partial charge >= 0.3 is 0 Å². The molecule has 12 heavy (non-hydrogen) atoms. The molecule has 0 N–H and O–H groups in total. The van der Waals surface area contributed by atoms with Crippen molar-refractivity contribution in [2.75, 3.05) is 26.4 Å². The molecule has 0 amide bonds. The van der Waals surface area contributed by atoms with Crippen molar-refractivity contribution >= 4 is 5.78 Å². The molecular weight excluding hydrogens is 156 g/mol. The van der Waals surface area contributed by atoms with Gasteiger partial charge in [-0.25, -0.2) is 0 Å². The first kappa shape index (κ1) is 11.6. The zero-order valence-electron chi connectivity index (χ0n) is 8.13. The van der Waals surface area contributed by atoms with E-state index in [4.69, 9.17) is 9.47 Å². The maximum absolute atomic E-state index is 10.1. The number of Topliss-reactive ketones (excluding diaryl/α,β-unsaturated/α-hetero) is 1. The standard InChI is InChI=1S/C5H10O.C4H8O2/c1-4(2)5(3)6;1-2-6-4-3-5-1/h4H,1-3H3;1-4H2. The quantitative estimate of drug-likeness (QED) is 0.600. The van der Waals surface area contributed by atoms with Crippen LogP contribution in [0.3, 0.4) is 0 Å². The highest BCUT2D eigenvalue weighted by atomic mass is 16.6. The lowest BCUT2D eigenvalue weighted by Gasteiger charge is -2.09. The van der Waals surface area contributed by atoms with E-state index in [1.807, 2.05) is 13.8 Å². The number of rotatable bonds is 1. The molecular formula is C9H18O3. The van der Waals surface area contributed by atoms with Gasteiger partial charge in [0.05, 0.1) is 26.4 Å². The van der Waals surface area contributed by atoms with Crippen LogP contribution in [0.4, 0.5) is 0 Å². The molecule has 1 aliphatic heterocycles. The number of ether oxygens (including phenoxy) is 2. The summed E-state index contributed by atoms with van der Waals surface area (Å²) in [6.45, 7) is 8.50. The highest BCUT2D eigenvalue weighted by molar-refractivity contribution is 5.77. The Morgan fingerprint density at radius 3 is 1.42 bits per heavy atom. The van der Waals surface area contributed by atoms with E-state index in [1.54, 1.807) is 6.92 Å². The van der Waals surface area contributed by atoms with Gasteiger partial charge in [0.2, 0.25) is 0 Å². The van der Waals surface area contributed by atoms with Gasteiger partial charge in [-0.2, -0.15) is 0 Å². The summed E-state index contributed by atoms with van der Waals surface area (Å²) in [5.41, 5.74) is 0. The third-order valence-corrected chi connectivity index (χ3v) is 1.56. The molecule has 0 saturated carbocycles. The SMILES string of the molecule is C1COCCO1.CC(=O)C(C)C. The van der Waals surface area contributed by atoms with E-state index in [2.05, 4.69) is 0 Å². The minimum absolute atomic E-state index is 0.213. The number of carbonyl (C=O) groups excluding carboxylic acids is 1. The first-order valence-corrected chi connectivity index (χ1v) is 4.30. The van der Waals surface area contributed by atoms with Gasteiger partial charge in [0.25, 0.3) is 0 Å². The lowest BCUT2D eigenvalue weighted by Crippen LogP contribution is -2.16. The number of ketones is 1. The molecule has 3 heteroatoms. The number of carbonyl (C=O) groups is 1. The summed E-state index contributed by atoms with van der Waals surface area (Å²) >= 11 is 0. The summed E-state index contributed by atoms with van der Waals surface area (Å²) in [5.74, 6) is 0.472. The smallest absolute Gasteiger partial charge is 0.132 e. The average Bonchev–Trinajstić information content (AvgIpc) is 2.08. The lowest BCUT2D eigenvalue weighted by atomic mass is 10.1. The molecule has 0 radical (unpaired) electrons. The van der Waals surface area contributed by atoms with E-state index in [9.17, 15) is 4.79 Å². The van der Waals surface area contributed by atoms with Gasteiger partial charge in [-0.1, -0.05) is 13.8 Å². The summed E-state index contributed by atoms with van der Waals surface area (Å²) in [5, 5.41) is 0. The van der Waals surface area contributed by atoms with E-state index < -0.39 is 0 Å². The number of hydrogen-bond acceptors (Lipinski definition) is 3. The third-order valence-electron chi connectivity index (χ3n) is 1.56. The van der Waals surface area contributed by atoms with Crippen molar-refractivity contribution in [2.24, 2.45) is 5.92 Å². The van der Waals surface area contributed by atoms with Crippen LogP contribution in [0.2, 0.25) is 0 Å². The summed E-state index contributed by atoms with van der Waals surface area (Å²) in [6, 6.07) is 0. The molecule has 0 aromatic rings. The van der Waals surface area contributed by atoms with Crippen LogP contribution >= 0.6 is 0 Å². The summed E-state index contributed by atoms with van der Waals surface area (Å²) in [6.07, 6.45) is 0. The van der Waals surface area contributed by atoms with Crippen molar-refractivity contribution in [3.8, 4) is 0 Å². The van der Waals surface area contributed by atoms with Crippen molar-refractivity contribution in [1.82, 2.24) is 0 Å². The summed E-state index contributed by atoms with van der Waals surface area (Å²) in [4.78, 5) is 10.1. The van der Waals surface area contributed by atoms with Crippen LogP contribution in [0.5, 0.6) is 0 Å². The molecule has 0 aliphatic carbocycles. The molecule has 0 unspecified atom stereocenters. The minimum Gasteiger partial charge on any atom is -0.377 e. The van der Waals surface area contributed by atoms with Gasteiger partial charge in [-0.15, -0.1) is 0 Å². The Hall–Kier alpha value is -0.410. The fourth-order valence-corrected chi connectivity index (χ4v) is 0.440. The van der Waals surface area contributed by atoms with E-state index in [0.29, 0.717) is 0 Å². The molecule has 3 nitrogen and oxygen atoms in total. The Morgan fingerprint density at radius 2 is 1.33 bits per heavy atom. The molecule has 1 saturated heterocycles. The molecule has 0 atom stereocenters. The summed E-state index contributed by atoms with van der Waals surface area (Å²) in [7, 11) is 0. The van der Waals surface area contributed by atoms with Crippen LogP contribution in [0.15, 0.2) is 0 Å². The van der Waals surface area contributed by atoms with Gasteiger partial charge in [-0.3, -0.25) is 4.79 Å². The third kappa shape index (κ3) is 7.69. The second-order valence-corrected chi connectivity index (χ2v) is 2.99. The van der Waals surface area contributed by atoms with Crippen molar-refractivity contribution in [3.05, 3.63) is 0 Å². The maximum Gasteiger partial charge on any atom is 0.132 e. The Labute approximate surface area is 74.0 Å². The zero-order chi connectivity index (χ0) is 9.40. The van der Waals surface area contributed by atoms with E-state index in [-0.39, 0.29) is 11.7 Å². The highest BCUT2D eigenvalue weighted by Crippen LogP contribution is 1.89. The summed E-state index contributed by atoms with van der Waals surface area (Å²) < 4.78 is 9.89. The molecule has 1 heterocycles. The minimum atomic E-state index is 0.213. The monoisotopic (exact) mass is 174 g/mol.